The molecule has 0 bridgehead atoms. The molecule has 0 radical (unpaired) electrons. The van der Waals surface area contributed by atoms with Crippen molar-refractivity contribution in [2.24, 2.45) is 0 Å². The maximum Gasteiger partial charge on any atom is 0.243 e. The monoisotopic (exact) mass is 274 g/mol. The lowest BCUT2D eigenvalue weighted by Crippen LogP contribution is -2.48. The molecular weight excluding hydrogens is 260 g/mol. The summed E-state index contributed by atoms with van der Waals surface area (Å²) in [5.41, 5.74) is 1.47. The summed E-state index contributed by atoms with van der Waals surface area (Å²) in [6.07, 6.45) is 1.50. The number of nitrogens with one attached hydrogen (secondary N) is 2. The number of amides is 1. The van der Waals surface area contributed by atoms with E-state index in [2.05, 4.69) is 26.2 Å². The van der Waals surface area contributed by atoms with Crippen molar-refractivity contribution in [1.82, 2.24) is 25.5 Å². The quantitative estimate of drug-likeness (QED) is 0.790. The standard InChI is InChI=1S/C12H14N6O2/c19-12(11-7-20-5-4-13-11)15-9-2-1-3-10(6-9)18-8-14-16-17-18/h1-3,6,8,11,13H,4-5,7H2,(H,15,19). The highest BCUT2D eigenvalue weighted by Gasteiger charge is 2.21. The second-order valence-corrected chi connectivity index (χ2v) is 4.38. The fourth-order valence-electron chi connectivity index (χ4n) is 1.97. The van der Waals surface area contributed by atoms with Crippen LogP contribution in [0.25, 0.3) is 5.69 Å². The molecule has 0 spiro atoms. The lowest BCUT2D eigenvalue weighted by molar-refractivity contribution is -0.120. The third-order valence-corrected chi connectivity index (χ3v) is 2.97. The van der Waals surface area contributed by atoms with Gasteiger partial charge < -0.3 is 15.4 Å². The molecule has 20 heavy (non-hydrogen) atoms. The van der Waals surface area contributed by atoms with Gasteiger partial charge in [-0.25, -0.2) is 4.68 Å². The van der Waals surface area contributed by atoms with Crippen molar-refractivity contribution in [3.8, 4) is 5.69 Å². The molecule has 3 rings (SSSR count). The van der Waals surface area contributed by atoms with Gasteiger partial charge in [-0.05, 0) is 28.6 Å². The second kappa shape index (κ2) is 5.76. The van der Waals surface area contributed by atoms with Gasteiger partial charge in [0.1, 0.15) is 12.4 Å². The van der Waals surface area contributed by atoms with Crippen LogP contribution in [0.2, 0.25) is 0 Å². The molecule has 1 fully saturated rings. The fourth-order valence-corrected chi connectivity index (χ4v) is 1.97. The van der Waals surface area contributed by atoms with Crippen molar-refractivity contribution >= 4 is 11.6 Å². The molecule has 2 aromatic rings. The molecular formula is C12H14N6O2. The van der Waals surface area contributed by atoms with Gasteiger partial charge >= 0.3 is 0 Å². The van der Waals surface area contributed by atoms with E-state index < -0.39 is 0 Å². The molecule has 1 unspecified atom stereocenters. The SMILES string of the molecule is O=C(Nc1cccc(-n2cnnn2)c1)C1COCCN1. The molecule has 2 N–H and O–H groups in total. The van der Waals surface area contributed by atoms with Crippen LogP contribution in [0.15, 0.2) is 30.6 Å². The Morgan fingerprint density at radius 1 is 1.50 bits per heavy atom. The third kappa shape index (κ3) is 2.81. The number of ether oxygens (including phenoxy) is 1. The molecule has 2 heterocycles. The minimum atomic E-state index is -0.319. The van der Waals surface area contributed by atoms with E-state index in [0.29, 0.717) is 25.4 Å². The predicted octanol–water partition coefficient (Wildman–Crippen LogP) is -0.411. The first-order valence-electron chi connectivity index (χ1n) is 6.28. The van der Waals surface area contributed by atoms with E-state index in [1.54, 1.807) is 6.07 Å². The van der Waals surface area contributed by atoms with Crippen LogP contribution in [-0.4, -0.2) is 51.9 Å². The highest BCUT2D eigenvalue weighted by atomic mass is 16.5. The zero-order chi connectivity index (χ0) is 13.8. The Kier molecular flexibility index (Phi) is 3.66. The zero-order valence-electron chi connectivity index (χ0n) is 10.7. The normalized spacial score (nSPS) is 18.7. The van der Waals surface area contributed by atoms with Crippen LogP contribution in [0.5, 0.6) is 0 Å². The van der Waals surface area contributed by atoms with Gasteiger partial charge in [0.05, 0.1) is 18.9 Å². The van der Waals surface area contributed by atoms with E-state index in [4.69, 9.17) is 4.74 Å². The summed E-state index contributed by atoms with van der Waals surface area (Å²) >= 11 is 0. The summed E-state index contributed by atoms with van der Waals surface area (Å²) < 4.78 is 6.80. The number of hydrogen-bond acceptors (Lipinski definition) is 6. The third-order valence-electron chi connectivity index (χ3n) is 2.97. The summed E-state index contributed by atoms with van der Waals surface area (Å²) in [7, 11) is 0. The number of carbonyl (C=O) groups excluding carboxylic acids is 1. The molecule has 104 valence electrons. The Bertz CT molecular complexity index is 579. The van der Waals surface area contributed by atoms with Gasteiger partial charge in [-0.1, -0.05) is 6.07 Å². The topological polar surface area (TPSA) is 94.0 Å². The Morgan fingerprint density at radius 3 is 3.20 bits per heavy atom. The molecule has 8 heteroatoms. The van der Waals surface area contributed by atoms with Crippen LogP contribution in [0.3, 0.4) is 0 Å². The molecule has 1 saturated heterocycles. The van der Waals surface area contributed by atoms with Crippen LogP contribution >= 0.6 is 0 Å². The molecule has 1 atom stereocenters. The summed E-state index contributed by atoms with van der Waals surface area (Å²) in [4.78, 5) is 12.1. The number of anilines is 1. The van der Waals surface area contributed by atoms with Crippen LogP contribution in [-0.2, 0) is 9.53 Å². The summed E-state index contributed by atoms with van der Waals surface area (Å²) in [6.45, 7) is 1.71. The van der Waals surface area contributed by atoms with Crippen molar-refractivity contribution in [3.05, 3.63) is 30.6 Å². The maximum atomic E-state index is 12.1. The van der Waals surface area contributed by atoms with Gasteiger partial charge in [-0.2, -0.15) is 0 Å². The van der Waals surface area contributed by atoms with E-state index in [-0.39, 0.29) is 11.9 Å². The second-order valence-electron chi connectivity index (χ2n) is 4.38. The number of benzene rings is 1. The number of rotatable bonds is 3. The molecule has 0 saturated carbocycles. The Hall–Kier alpha value is -2.32. The number of aromatic nitrogens is 4. The zero-order valence-corrected chi connectivity index (χ0v) is 10.7. The number of tetrazole rings is 1. The molecule has 1 amide bonds. The van der Waals surface area contributed by atoms with Gasteiger partial charge in [0.25, 0.3) is 0 Å². The lowest BCUT2D eigenvalue weighted by Gasteiger charge is -2.22. The fraction of sp³-hybridized carbons (Fsp3) is 0.333. The largest absolute Gasteiger partial charge is 0.378 e. The van der Waals surface area contributed by atoms with Crippen molar-refractivity contribution in [3.63, 3.8) is 0 Å². The minimum absolute atomic E-state index is 0.112. The summed E-state index contributed by atoms with van der Waals surface area (Å²) in [5.74, 6) is -0.112. The van der Waals surface area contributed by atoms with Crippen LogP contribution in [0.1, 0.15) is 0 Å². The van der Waals surface area contributed by atoms with Gasteiger partial charge in [-0.3, -0.25) is 4.79 Å². The molecule has 1 aliphatic heterocycles. The molecule has 0 aliphatic carbocycles. The lowest BCUT2D eigenvalue weighted by atomic mass is 10.2. The summed E-state index contributed by atoms with van der Waals surface area (Å²) in [5, 5.41) is 16.9. The number of hydrogen-bond donors (Lipinski definition) is 2. The van der Waals surface area contributed by atoms with Crippen molar-refractivity contribution in [1.29, 1.82) is 0 Å². The molecule has 1 aliphatic rings. The molecule has 8 nitrogen and oxygen atoms in total. The first kappa shape index (κ1) is 12.7. The van der Waals surface area contributed by atoms with Crippen LogP contribution < -0.4 is 10.6 Å². The highest BCUT2D eigenvalue weighted by Crippen LogP contribution is 2.13. The highest BCUT2D eigenvalue weighted by molar-refractivity contribution is 5.95. The average molecular weight is 274 g/mol. The predicted molar refractivity (Wildman–Crippen MR) is 70.4 cm³/mol. The number of nitrogens with zero attached hydrogens (tertiary/aromatic N) is 4. The van der Waals surface area contributed by atoms with E-state index >= 15 is 0 Å². The van der Waals surface area contributed by atoms with E-state index in [0.717, 1.165) is 5.69 Å². The van der Waals surface area contributed by atoms with Gasteiger partial charge in [-0.15, -0.1) is 5.10 Å². The van der Waals surface area contributed by atoms with Crippen molar-refractivity contribution in [2.75, 3.05) is 25.1 Å². The number of morpholine rings is 1. The molecule has 1 aromatic carbocycles. The van der Waals surface area contributed by atoms with Crippen LogP contribution in [0.4, 0.5) is 5.69 Å². The Morgan fingerprint density at radius 2 is 2.45 bits per heavy atom. The average Bonchev–Trinajstić information content (AvgIpc) is 3.03. The van der Waals surface area contributed by atoms with Gasteiger partial charge in [0.15, 0.2) is 0 Å². The smallest absolute Gasteiger partial charge is 0.243 e. The maximum absolute atomic E-state index is 12.1. The Balaban J connectivity index is 1.71. The first-order chi connectivity index (χ1) is 9.83. The van der Waals surface area contributed by atoms with E-state index in [1.807, 2.05) is 18.2 Å². The number of carbonyl (C=O) groups is 1. The Labute approximate surface area is 115 Å². The minimum Gasteiger partial charge on any atom is -0.378 e. The van der Waals surface area contributed by atoms with Crippen LogP contribution in [0, 0.1) is 0 Å². The van der Waals surface area contributed by atoms with Crippen molar-refractivity contribution in [2.45, 2.75) is 6.04 Å². The van der Waals surface area contributed by atoms with Gasteiger partial charge in [0, 0.05) is 12.2 Å². The summed E-state index contributed by atoms with van der Waals surface area (Å²) in [6, 6.07) is 6.99. The molecule has 1 aromatic heterocycles. The van der Waals surface area contributed by atoms with E-state index in [1.165, 1.54) is 11.0 Å². The van der Waals surface area contributed by atoms with Gasteiger partial charge in [0.2, 0.25) is 5.91 Å². The van der Waals surface area contributed by atoms with Crippen molar-refractivity contribution < 1.29 is 9.53 Å². The first-order valence-corrected chi connectivity index (χ1v) is 6.28. The van der Waals surface area contributed by atoms with E-state index in [9.17, 15) is 4.79 Å².